The maximum absolute atomic E-state index is 12.0. The average Bonchev–Trinajstić information content (AvgIpc) is 2.99. The molecule has 0 bridgehead atoms. The SMILES string of the molecule is COC(=O)N1CCc2ccccc2C1c1ccoc1. The number of amides is 1. The lowest BCUT2D eigenvalue weighted by Gasteiger charge is -2.35. The van der Waals surface area contributed by atoms with Crippen LogP contribution in [0, 0.1) is 0 Å². The molecule has 0 spiro atoms. The molecule has 98 valence electrons. The molecule has 2 heterocycles. The largest absolute Gasteiger partial charge is 0.472 e. The number of rotatable bonds is 1. The van der Waals surface area contributed by atoms with Gasteiger partial charge in [0, 0.05) is 12.1 Å². The maximum atomic E-state index is 12.0. The van der Waals surface area contributed by atoms with E-state index in [0.29, 0.717) is 6.54 Å². The number of furan rings is 1. The Morgan fingerprint density at radius 2 is 2.21 bits per heavy atom. The Morgan fingerprint density at radius 1 is 1.37 bits per heavy atom. The first-order valence-corrected chi connectivity index (χ1v) is 6.25. The number of hydrogen-bond donors (Lipinski definition) is 0. The molecule has 0 saturated carbocycles. The average molecular weight is 257 g/mol. The van der Waals surface area contributed by atoms with Gasteiger partial charge in [0.1, 0.15) is 0 Å². The molecule has 1 unspecified atom stereocenters. The molecule has 1 aliphatic rings. The van der Waals surface area contributed by atoms with Gasteiger partial charge in [0.05, 0.1) is 25.7 Å². The fraction of sp³-hybridized carbons (Fsp3) is 0.267. The van der Waals surface area contributed by atoms with Gasteiger partial charge in [-0.1, -0.05) is 24.3 Å². The van der Waals surface area contributed by atoms with Gasteiger partial charge < -0.3 is 9.15 Å². The third-order valence-electron chi connectivity index (χ3n) is 3.55. The molecule has 1 atom stereocenters. The molecule has 19 heavy (non-hydrogen) atoms. The van der Waals surface area contributed by atoms with Crippen molar-refractivity contribution in [2.24, 2.45) is 0 Å². The number of nitrogens with zero attached hydrogens (tertiary/aromatic N) is 1. The molecule has 0 aliphatic carbocycles. The van der Waals surface area contributed by atoms with Crippen LogP contribution in [0.5, 0.6) is 0 Å². The molecule has 4 nitrogen and oxygen atoms in total. The normalized spacial score (nSPS) is 17.9. The van der Waals surface area contributed by atoms with Gasteiger partial charge >= 0.3 is 6.09 Å². The summed E-state index contributed by atoms with van der Waals surface area (Å²) in [6.45, 7) is 0.652. The van der Waals surface area contributed by atoms with Crippen LogP contribution in [0.1, 0.15) is 22.7 Å². The zero-order valence-electron chi connectivity index (χ0n) is 10.7. The van der Waals surface area contributed by atoms with Crippen LogP contribution in [-0.4, -0.2) is 24.6 Å². The van der Waals surface area contributed by atoms with Crippen molar-refractivity contribution in [1.29, 1.82) is 0 Å². The molecule has 3 rings (SSSR count). The van der Waals surface area contributed by atoms with Gasteiger partial charge in [0.2, 0.25) is 0 Å². The van der Waals surface area contributed by atoms with Crippen molar-refractivity contribution < 1.29 is 13.9 Å². The third-order valence-corrected chi connectivity index (χ3v) is 3.55. The standard InChI is InChI=1S/C15H15NO3/c1-18-15(17)16-8-6-11-4-2-3-5-13(11)14(16)12-7-9-19-10-12/h2-5,7,9-10,14H,6,8H2,1H3. The predicted octanol–water partition coefficient (Wildman–Crippen LogP) is 2.99. The molecule has 1 amide bonds. The summed E-state index contributed by atoms with van der Waals surface area (Å²) in [5, 5.41) is 0. The first-order valence-electron chi connectivity index (χ1n) is 6.25. The van der Waals surface area contributed by atoms with E-state index >= 15 is 0 Å². The zero-order chi connectivity index (χ0) is 13.2. The van der Waals surface area contributed by atoms with Crippen molar-refractivity contribution >= 4 is 6.09 Å². The summed E-state index contributed by atoms with van der Waals surface area (Å²) in [4.78, 5) is 13.7. The van der Waals surface area contributed by atoms with E-state index in [1.165, 1.54) is 12.7 Å². The Morgan fingerprint density at radius 3 is 2.95 bits per heavy atom. The van der Waals surface area contributed by atoms with Crippen LogP contribution in [0.15, 0.2) is 47.3 Å². The number of ether oxygens (including phenoxy) is 1. The fourth-order valence-corrected chi connectivity index (χ4v) is 2.67. The molecule has 0 radical (unpaired) electrons. The second-order valence-corrected chi connectivity index (χ2v) is 4.57. The summed E-state index contributed by atoms with van der Waals surface area (Å²) in [6, 6.07) is 9.95. The van der Waals surface area contributed by atoms with Gasteiger partial charge in [-0.05, 0) is 23.6 Å². The molecular formula is C15H15NO3. The molecule has 4 heteroatoms. The van der Waals surface area contributed by atoms with Crippen molar-refractivity contribution in [3.05, 3.63) is 59.5 Å². The number of carbonyl (C=O) groups is 1. The Balaban J connectivity index is 2.08. The Hall–Kier alpha value is -2.23. The van der Waals surface area contributed by atoms with Gasteiger partial charge in [-0.15, -0.1) is 0 Å². The monoisotopic (exact) mass is 257 g/mol. The number of fused-ring (bicyclic) bond motifs is 1. The van der Waals surface area contributed by atoms with E-state index in [0.717, 1.165) is 17.5 Å². The Kier molecular flexibility index (Phi) is 2.99. The van der Waals surface area contributed by atoms with Crippen molar-refractivity contribution in [2.45, 2.75) is 12.5 Å². The highest BCUT2D eigenvalue weighted by Gasteiger charge is 2.32. The number of methoxy groups -OCH3 is 1. The van der Waals surface area contributed by atoms with E-state index in [4.69, 9.17) is 9.15 Å². The van der Waals surface area contributed by atoms with Crippen LogP contribution in [-0.2, 0) is 11.2 Å². The highest BCUT2D eigenvalue weighted by Crippen LogP contribution is 2.35. The lowest BCUT2D eigenvalue weighted by Crippen LogP contribution is -2.40. The Labute approximate surface area is 111 Å². The van der Waals surface area contributed by atoms with E-state index < -0.39 is 0 Å². The summed E-state index contributed by atoms with van der Waals surface area (Å²) < 4.78 is 10.1. The van der Waals surface area contributed by atoms with Crippen LogP contribution >= 0.6 is 0 Å². The highest BCUT2D eigenvalue weighted by molar-refractivity contribution is 5.69. The second kappa shape index (κ2) is 4.80. The molecule has 1 aromatic heterocycles. The third kappa shape index (κ3) is 1.99. The minimum atomic E-state index is -0.305. The van der Waals surface area contributed by atoms with Crippen molar-refractivity contribution in [3.63, 3.8) is 0 Å². The van der Waals surface area contributed by atoms with E-state index in [1.807, 2.05) is 18.2 Å². The lowest BCUT2D eigenvalue weighted by atomic mass is 9.90. The quantitative estimate of drug-likeness (QED) is 0.788. The molecule has 0 saturated heterocycles. The minimum absolute atomic E-state index is 0.129. The van der Waals surface area contributed by atoms with Crippen LogP contribution < -0.4 is 0 Å². The molecule has 2 aromatic rings. The fourth-order valence-electron chi connectivity index (χ4n) is 2.67. The highest BCUT2D eigenvalue weighted by atomic mass is 16.5. The lowest BCUT2D eigenvalue weighted by molar-refractivity contribution is 0.109. The number of benzene rings is 1. The summed E-state index contributed by atoms with van der Waals surface area (Å²) in [5.74, 6) is 0. The van der Waals surface area contributed by atoms with Gasteiger partial charge in [0.15, 0.2) is 0 Å². The van der Waals surface area contributed by atoms with E-state index in [9.17, 15) is 4.79 Å². The molecule has 0 N–H and O–H groups in total. The van der Waals surface area contributed by atoms with Crippen molar-refractivity contribution in [1.82, 2.24) is 4.90 Å². The summed E-state index contributed by atoms with van der Waals surface area (Å²) >= 11 is 0. The van der Waals surface area contributed by atoms with Crippen molar-refractivity contribution in [2.75, 3.05) is 13.7 Å². The molecule has 1 aliphatic heterocycles. The van der Waals surface area contributed by atoms with Gasteiger partial charge in [0.25, 0.3) is 0 Å². The first-order chi connectivity index (χ1) is 9.31. The maximum Gasteiger partial charge on any atom is 0.410 e. The number of carbonyl (C=O) groups excluding carboxylic acids is 1. The number of hydrogen-bond acceptors (Lipinski definition) is 3. The van der Waals surface area contributed by atoms with E-state index in [1.54, 1.807) is 17.4 Å². The summed E-state index contributed by atoms with van der Waals surface area (Å²) in [6.07, 6.45) is 3.85. The first kappa shape index (κ1) is 11.8. The van der Waals surface area contributed by atoms with Crippen molar-refractivity contribution in [3.8, 4) is 0 Å². The zero-order valence-corrected chi connectivity index (χ0v) is 10.7. The topological polar surface area (TPSA) is 42.7 Å². The van der Waals surface area contributed by atoms with E-state index in [-0.39, 0.29) is 12.1 Å². The summed E-state index contributed by atoms with van der Waals surface area (Å²) in [5.41, 5.74) is 3.38. The molecule has 0 fully saturated rings. The minimum Gasteiger partial charge on any atom is -0.472 e. The Bertz CT molecular complexity index is 577. The second-order valence-electron chi connectivity index (χ2n) is 4.57. The van der Waals surface area contributed by atoms with E-state index in [2.05, 4.69) is 12.1 Å². The van der Waals surface area contributed by atoms with Crippen LogP contribution in [0.25, 0.3) is 0 Å². The van der Waals surface area contributed by atoms with Crippen LogP contribution in [0.3, 0.4) is 0 Å². The smallest absolute Gasteiger partial charge is 0.410 e. The predicted molar refractivity (Wildman–Crippen MR) is 69.8 cm³/mol. The molecule has 1 aromatic carbocycles. The van der Waals surface area contributed by atoms with Crippen LogP contribution in [0.2, 0.25) is 0 Å². The van der Waals surface area contributed by atoms with Gasteiger partial charge in [-0.25, -0.2) is 4.79 Å². The van der Waals surface area contributed by atoms with Gasteiger partial charge in [-0.3, -0.25) is 4.90 Å². The van der Waals surface area contributed by atoms with Gasteiger partial charge in [-0.2, -0.15) is 0 Å². The van der Waals surface area contributed by atoms with Crippen LogP contribution in [0.4, 0.5) is 4.79 Å². The molecular weight excluding hydrogens is 242 g/mol. The summed E-state index contributed by atoms with van der Waals surface area (Å²) in [7, 11) is 1.41.